The number of rotatable bonds is 2. The molecule has 1 aromatic carbocycles. The molecule has 3 rings (SSSR count). The Balaban J connectivity index is 1.82. The molecule has 1 fully saturated rings. The van der Waals surface area contributed by atoms with Crippen molar-refractivity contribution >= 4 is 22.4 Å². The van der Waals surface area contributed by atoms with E-state index in [1.165, 1.54) is 0 Å². The van der Waals surface area contributed by atoms with Gasteiger partial charge in [0.15, 0.2) is 0 Å². The second-order valence-corrected chi connectivity index (χ2v) is 4.89. The van der Waals surface area contributed by atoms with Crippen molar-refractivity contribution in [2.75, 3.05) is 11.9 Å². The molecule has 19 heavy (non-hydrogen) atoms. The zero-order valence-corrected chi connectivity index (χ0v) is 10.7. The number of amides is 1. The third kappa shape index (κ3) is 2.58. The fraction of sp³-hybridized carbons (Fsp3) is 0.333. The van der Waals surface area contributed by atoms with E-state index in [-0.39, 0.29) is 11.9 Å². The molecule has 0 spiro atoms. The fourth-order valence-electron chi connectivity index (χ4n) is 2.53. The highest BCUT2D eigenvalue weighted by molar-refractivity contribution is 6.03. The van der Waals surface area contributed by atoms with Crippen LogP contribution in [0.15, 0.2) is 36.7 Å². The van der Waals surface area contributed by atoms with Gasteiger partial charge in [0, 0.05) is 28.9 Å². The summed E-state index contributed by atoms with van der Waals surface area (Å²) in [7, 11) is 0. The first kappa shape index (κ1) is 12.1. The number of piperidine rings is 1. The molecule has 2 aromatic rings. The monoisotopic (exact) mass is 255 g/mol. The van der Waals surface area contributed by atoms with Gasteiger partial charge in [0.25, 0.3) is 0 Å². The van der Waals surface area contributed by atoms with Crippen LogP contribution in [0.4, 0.5) is 5.69 Å². The lowest BCUT2D eigenvalue weighted by Crippen LogP contribution is -2.43. The highest BCUT2D eigenvalue weighted by Crippen LogP contribution is 2.22. The highest BCUT2D eigenvalue weighted by atomic mass is 16.2. The molecule has 0 saturated carbocycles. The largest absolute Gasteiger partial charge is 0.324 e. The van der Waals surface area contributed by atoms with Crippen LogP contribution in [0.2, 0.25) is 0 Å². The van der Waals surface area contributed by atoms with Gasteiger partial charge >= 0.3 is 0 Å². The number of anilines is 1. The van der Waals surface area contributed by atoms with Gasteiger partial charge in [0.2, 0.25) is 5.91 Å². The van der Waals surface area contributed by atoms with Crippen molar-refractivity contribution in [1.82, 2.24) is 10.3 Å². The lowest BCUT2D eigenvalue weighted by molar-refractivity contribution is -0.118. The summed E-state index contributed by atoms with van der Waals surface area (Å²) in [6.45, 7) is 0.928. The second-order valence-electron chi connectivity index (χ2n) is 4.89. The molecule has 98 valence electrons. The van der Waals surface area contributed by atoms with E-state index in [2.05, 4.69) is 15.6 Å². The smallest absolute Gasteiger partial charge is 0.241 e. The molecule has 0 radical (unpaired) electrons. The van der Waals surface area contributed by atoms with Crippen LogP contribution in [0.25, 0.3) is 10.8 Å². The van der Waals surface area contributed by atoms with E-state index in [9.17, 15) is 4.79 Å². The number of hydrogen-bond donors (Lipinski definition) is 2. The Morgan fingerprint density at radius 3 is 3.11 bits per heavy atom. The molecule has 1 aliphatic heterocycles. The van der Waals surface area contributed by atoms with Crippen LogP contribution >= 0.6 is 0 Å². The van der Waals surface area contributed by atoms with Crippen molar-refractivity contribution in [1.29, 1.82) is 0 Å². The van der Waals surface area contributed by atoms with Gasteiger partial charge in [-0.05, 0) is 31.5 Å². The van der Waals surface area contributed by atoms with E-state index in [4.69, 9.17) is 0 Å². The van der Waals surface area contributed by atoms with Crippen LogP contribution < -0.4 is 10.6 Å². The topological polar surface area (TPSA) is 54.0 Å². The second kappa shape index (κ2) is 5.36. The number of nitrogens with zero attached hydrogens (tertiary/aromatic N) is 1. The maximum Gasteiger partial charge on any atom is 0.241 e. The maximum absolute atomic E-state index is 12.2. The minimum atomic E-state index is -0.0640. The maximum atomic E-state index is 12.2. The number of carbonyl (C=O) groups is 1. The molecule has 1 saturated heterocycles. The molecule has 2 heterocycles. The van der Waals surface area contributed by atoms with Crippen LogP contribution in [0.1, 0.15) is 19.3 Å². The number of pyridine rings is 1. The minimum absolute atomic E-state index is 0.0593. The van der Waals surface area contributed by atoms with E-state index < -0.39 is 0 Å². The normalized spacial score (nSPS) is 19.3. The Morgan fingerprint density at radius 1 is 1.32 bits per heavy atom. The van der Waals surface area contributed by atoms with Crippen LogP contribution in [0.3, 0.4) is 0 Å². The average molecular weight is 255 g/mol. The van der Waals surface area contributed by atoms with Crippen LogP contribution in [-0.2, 0) is 4.79 Å². The summed E-state index contributed by atoms with van der Waals surface area (Å²) in [5.74, 6) is 0.0593. The van der Waals surface area contributed by atoms with Gasteiger partial charge in [-0.3, -0.25) is 9.78 Å². The van der Waals surface area contributed by atoms with Gasteiger partial charge in [-0.25, -0.2) is 0 Å². The van der Waals surface area contributed by atoms with Crippen molar-refractivity contribution in [2.24, 2.45) is 0 Å². The third-order valence-corrected chi connectivity index (χ3v) is 3.57. The lowest BCUT2D eigenvalue weighted by atomic mass is 10.0. The Labute approximate surface area is 112 Å². The van der Waals surface area contributed by atoms with Gasteiger partial charge in [0.1, 0.15) is 0 Å². The van der Waals surface area contributed by atoms with E-state index in [1.807, 2.05) is 30.5 Å². The number of nitrogens with one attached hydrogen (secondary N) is 2. The Kier molecular flexibility index (Phi) is 3.42. The van der Waals surface area contributed by atoms with E-state index >= 15 is 0 Å². The highest BCUT2D eigenvalue weighted by Gasteiger charge is 2.20. The van der Waals surface area contributed by atoms with E-state index in [0.717, 1.165) is 42.3 Å². The molecular weight excluding hydrogens is 238 g/mol. The fourth-order valence-corrected chi connectivity index (χ4v) is 2.53. The first-order valence-electron chi connectivity index (χ1n) is 6.71. The quantitative estimate of drug-likeness (QED) is 0.866. The molecule has 1 aromatic heterocycles. The standard InChI is InChI=1S/C15H17N3O/c19-15(14-5-1-2-8-17-14)18-13-6-3-4-11-10-16-9-7-12(11)13/h3-4,6-7,9-10,14,17H,1-2,5,8H2,(H,18,19)/t14-/m1/s1. The first-order chi connectivity index (χ1) is 9.34. The number of fused-ring (bicyclic) bond motifs is 1. The Morgan fingerprint density at radius 2 is 2.26 bits per heavy atom. The SMILES string of the molecule is O=C(Nc1cccc2cnccc12)[C@H]1CCCCN1. The molecule has 4 heteroatoms. The van der Waals surface area contributed by atoms with Gasteiger partial charge in [0.05, 0.1) is 6.04 Å². The number of aromatic nitrogens is 1. The van der Waals surface area contributed by atoms with Crippen molar-refractivity contribution in [2.45, 2.75) is 25.3 Å². The zero-order valence-electron chi connectivity index (χ0n) is 10.7. The Bertz CT molecular complexity index is 585. The molecule has 1 aliphatic rings. The van der Waals surface area contributed by atoms with Gasteiger partial charge in [-0.2, -0.15) is 0 Å². The summed E-state index contributed by atoms with van der Waals surface area (Å²) in [6, 6.07) is 7.73. The summed E-state index contributed by atoms with van der Waals surface area (Å²) in [6.07, 6.45) is 6.74. The van der Waals surface area contributed by atoms with Crippen LogP contribution in [-0.4, -0.2) is 23.5 Å². The van der Waals surface area contributed by atoms with Crippen LogP contribution in [0.5, 0.6) is 0 Å². The van der Waals surface area contributed by atoms with Crippen molar-refractivity contribution in [3.05, 3.63) is 36.7 Å². The molecule has 1 amide bonds. The van der Waals surface area contributed by atoms with E-state index in [0.29, 0.717) is 0 Å². The first-order valence-corrected chi connectivity index (χ1v) is 6.71. The van der Waals surface area contributed by atoms with Crippen molar-refractivity contribution in [3.63, 3.8) is 0 Å². The molecule has 1 atom stereocenters. The molecule has 4 nitrogen and oxygen atoms in total. The Hall–Kier alpha value is -1.94. The number of hydrogen-bond acceptors (Lipinski definition) is 3. The number of benzene rings is 1. The molecule has 2 N–H and O–H groups in total. The molecule has 0 unspecified atom stereocenters. The van der Waals surface area contributed by atoms with E-state index in [1.54, 1.807) is 6.20 Å². The van der Waals surface area contributed by atoms with Gasteiger partial charge in [-0.15, -0.1) is 0 Å². The summed E-state index contributed by atoms with van der Waals surface area (Å²) in [5, 5.41) is 8.36. The summed E-state index contributed by atoms with van der Waals surface area (Å²) >= 11 is 0. The average Bonchev–Trinajstić information content (AvgIpc) is 2.48. The van der Waals surface area contributed by atoms with Crippen molar-refractivity contribution < 1.29 is 4.79 Å². The van der Waals surface area contributed by atoms with Gasteiger partial charge < -0.3 is 10.6 Å². The van der Waals surface area contributed by atoms with Crippen LogP contribution in [0, 0.1) is 0 Å². The number of carbonyl (C=O) groups excluding carboxylic acids is 1. The molecule has 0 bridgehead atoms. The predicted octanol–water partition coefficient (Wildman–Crippen LogP) is 2.32. The molecular formula is C15H17N3O. The summed E-state index contributed by atoms with van der Waals surface area (Å²) in [4.78, 5) is 16.3. The summed E-state index contributed by atoms with van der Waals surface area (Å²) in [5.41, 5.74) is 0.859. The minimum Gasteiger partial charge on any atom is -0.324 e. The molecule has 0 aliphatic carbocycles. The van der Waals surface area contributed by atoms with Gasteiger partial charge in [-0.1, -0.05) is 18.6 Å². The predicted molar refractivity (Wildman–Crippen MR) is 76.0 cm³/mol. The zero-order chi connectivity index (χ0) is 13.1. The lowest BCUT2D eigenvalue weighted by Gasteiger charge is -2.22. The third-order valence-electron chi connectivity index (χ3n) is 3.57. The summed E-state index contributed by atoms with van der Waals surface area (Å²) < 4.78 is 0. The van der Waals surface area contributed by atoms with Crippen molar-refractivity contribution in [3.8, 4) is 0 Å².